The Morgan fingerprint density at radius 1 is 1.40 bits per heavy atom. The molecule has 0 fully saturated rings. The van der Waals surface area contributed by atoms with Crippen LogP contribution < -0.4 is 10.5 Å². The molecule has 15 heavy (non-hydrogen) atoms. The van der Waals surface area contributed by atoms with Crippen molar-refractivity contribution in [1.82, 2.24) is 0 Å². The van der Waals surface area contributed by atoms with Gasteiger partial charge in [-0.2, -0.15) is 5.26 Å². The highest BCUT2D eigenvalue weighted by atomic mass is 32.2. The number of ether oxygens (including phenoxy) is 1. The summed E-state index contributed by atoms with van der Waals surface area (Å²) in [6.45, 7) is 0. The van der Waals surface area contributed by atoms with Gasteiger partial charge in [0, 0.05) is 4.90 Å². The molecule has 0 saturated carbocycles. The van der Waals surface area contributed by atoms with Crippen molar-refractivity contribution in [3.63, 3.8) is 0 Å². The van der Waals surface area contributed by atoms with Gasteiger partial charge in [-0.3, -0.25) is 0 Å². The molecule has 0 bridgehead atoms. The van der Waals surface area contributed by atoms with E-state index < -0.39 is 12.1 Å². The van der Waals surface area contributed by atoms with E-state index in [1.165, 1.54) is 12.1 Å². The van der Waals surface area contributed by atoms with Gasteiger partial charge in [0.15, 0.2) is 5.75 Å². The molecule has 0 aliphatic carbocycles. The Balaban J connectivity index is 3.00. The summed E-state index contributed by atoms with van der Waals surface area (Å²) in [5, 5.41) is 10.1. The first-order chi connectivity index (χ1) is 6.94. The van der Waals surface area contributed by atoms with Crippen molar-refractivity contribution < 1.29 is 17.9 Å². The molecule has 0 saturated heterocycles. The van der Waals surface area contributed by atoms with Gasteiger partial charge < -0.3 is 10.5 Å². The van der Waals surface area contributed by atoms with Crippen molar-refractivity contribution in [2.75, 3.05) is 5.73 Å². The molecule has 0 heterocycles. The lowest BCUT2D eigenvalue weighted by molar-refractivity contribution is -0.274. The summed E-state index contributed by atoms with van der Waals surface area (Å²) in [4.78, 5) is 0.235. The Morgan fingerprint density at radius 2 is 2.07 bits per heavy atom. The average molecular weight is 234 g/mol. The van der Waals surface area contributed by atoms with Gasteiger partial charge in [-0.1, -0.05) is 6.07 Å². The first kappa shape index (κ1) is 11.5. The maximum atomic E-state index is 11.9. The molecule has 0 aliphatic heterocycles. The minimum Gasteiger partial charge on any atom is -0.404 e. The number of thiocyanates is 1. The van der Waals surface area contributed by atoms with Crippen LogP contribution in [0.2, 0.25) is 0 Å². The molecular formula is C8H5F3N2OS. The van der Waals surface area contributed by atoms with Gasteiger partial charge in [-0.25, -0.2) is 0 Å². The Labute approximate surface area is 87.6 Å². The number of nitrogens with two attached hydrogens (primary N) is 1. The number of thioether (sulfide) groups is 1. The predicted octanol–water partition coefficient (Wildman–Crippen LogP) is 2.74. The van der Waals surface area contributed by atoms with Crippen LogP contribution in [-0.2, 0) is 0 Å². The van der Waals surface area contributed by atoms with Crippen LogP contribution in [0.4, 0.5) is 18.9 Å². The van der Waals surface area contributed by atoms with Crippen molar-refractivity contribution in [3.8, 4) is 11.2 Å². The van der Waals surface area contributed by atoms with E-state index in [4.69, 9.17) is 11.0 Å². The minimum absolute atomic E-state index is 0.193. The van der Waals surface area contributed by atoms with E-state index in [-0.39, 0.29) is 10.6 Å². The fraction of sp³-hybridized carbons (Fsp3) is 0.125. The van der Waals surface area contributed by atoms with Crippen LogP contribution in [-0.4, -0.2) is 6.36 Å². The predicted molar refractivity (Wildman–Crippen MR) is 49.0 cm³/mol. The zero-order valence-corrected chi connectivity index (χ0v) is 8.02. The molecule has 0 radical (unpaired) electrons. The van der Waals surface area contributed by atoms with Gasteiger partial charge in [0.2, 0.25) is 0 Å². The number of nitrogen functional groups attached to an aromatic ring is 1. The number of halogens is 3. The number of benzene rings is 1. The number of alkyl halides is 3. The maximum Gasteiger partial charge on any atom is 0.573 e. The zero-order valence-electron chi connectivity index (χ0n) is 7.21. The Kier molecular flexibility index (Phi) is 3.31. The summed E-state index contributed by atoms with van der Waals surface area (Å²) < 4.78 is 39.3. The van der Waals surface area contributed by atoms with Crippen LogP contribution in [0.3, 0.4) is 0 Å². The molecular weight excluding hydrogens is 229 g/mol. The summed E-state index contributed by atoms with van der Waals surface area (Å²) >= 11 is 0.675. The van der Waals surface area contributed by atoms with Crippen LogP contribution in [0.15, 0.2) is 23.1 Å². The lowest BCUT2D eigenvalue weighted by atomic mass is 10.3. The maximum absolute atomic E-state index is 11.9. The van der Waals surface area contributed by atoms with E-state index in [1.54, 1.807) is 5.40 Å². The second kappa shape index (κ2) is 4.31. The number of rotatable bonds is 2. The minimum atomic E-state index is -4.79. The Hall–Kier alpha value is -1.55. The molecule has 0 aliphatic rings. The van der Waals surface area contributed by atoms with Gasteiger partial charge in [0.25, 0.3) is 0 Å². The van der Waals surface area contributed by atoms with Crippen molar-refractivity contribution >= 4 is 17.4 Å². The number of hydrogen-bond donors (Lipinski definition) is 1. The molecule has 1 rings (SSSR count). The highest BCUT2D eigenvalue weighted by molar-refractivity contribution is 8.03. The number of para-hydroxylation sites is 1. The number of anilines is 1. The lowest BCUT2D eigenvalue weighted by Crippen LogP contribution is -2.18. The smallest absolute Gasteiger partial charge is 0.404 e. The summed E-state index contributed by atoms with van der Waals surface area (Å²) in [6, 6.07) is 3.85. The molecule has 3 nitrogen and oxygen atoms in total. The van der Waals surface area contributed by atoms with Gasteiger partial charge in [-0.15, -0.1) is 13.2 Å². The first-order valence-corrected chi connectivity index (χ1v) is 4.46. The third-order valence-corrected chi connectivity index (χ3v) is 2.07. The van der Waals surface area contributed by atoms with Crippen molar-refractivity contribution in [3.05, 3.63) is 18.2 Å². The van der Waals surface area contributed by atoms with Gasteiger partial charge >= 0.3 is 6.36 Å². The summed E-state index contributed by atoms with van der Waals surface area (Å²) in [5.74, 6) is -0.497. The highest BCUT2D eigenvalue weighted by Gasteiger charge is 2.32. The molecule has 0 spiro atoms. The number of hydrogen-bond acceptors (Lipinski definition) is 4. The third-order valence-electron chi connectivity index (χ3n) is 1.41. The van der Waals surface area contributed by atoms with Crippen LogP contribution in [0.1, 0.15) is 0 Å². The zero-order chi connectivity index (χ0) is 11.5. The van der Waals surface area contributed by atoms with E-state index in [0.29, 0.717) is 11.8 Å². The summed E-state index contributed by atoms with van der Waals surface area (Å²) in [5.41, 5.74) is 5.19. The van der Waals surface area contributed by atoms with E-state index in [1.807, 2.05) is 0 Å². The fourth-order valence-electron chi connectivity index (χ4n) is 0.876. The molecule has 0 aromatic heterocycles. The highest BCUT2D eigenvalue weighted by Crippen LogP contribution is 2.34. The monoisotopic (exact) mass is 234 g/mol. The van der Waals surface area contributed by atoms with Crippen molar-refractivity contribution in [2.45, 2.75) is 11.3 Å². The van der Waals surface area contributed by atoms with Crippen LogP contribution in [0, 0.1) is 10.7 Å². The standard InChI is InChI=1S/C8H5F3N2OS/c9-8(10,11)14-5-2-1-3-6(7(5)13)15-4-12/h1-3H,13H2. The van der Waals surface area contributed by atoms with E-state index in [9.17, 15) is 13.2 Å². The number of nitriles is 1. The molecule has 7 heteroatoms. The summed E-state index contributed by atoms with van der Waals surface area (Å²) in [7, 11) is 0. The Bertz CT molecular complexity index is 400. The van der Waals surface area contributed by atoms with Gasteiger partial charge in [0.05, 0.1) is 5.69 Å². The van der Waals surface area contributed by atoms with E-state index >= 15 is 0 Å². The molecule has 1 aromatic rings. The Morgan fingerprint density at radius 3 is 2.60 bits per heavy atom. The van der Waals surface area contributed by atoms with Crippen LogP contribution in [0.5, 0.6) is 5.75 Å². The lowest BCUT2D eigenvalue weighted by Gasteiger charge is -2.11. The van der Waals surface area contributed by atoms with E-state index in [2.05, 4.69) is 4.74 Å². The third kappa shape index (κ3) is 3.25. The molecule has 0 amide bonds. The van der Waals surface area contributed by atoms with Crippen LogP contribution in [0.25, 0.3) is 0 Å². The second-order valence-electron chi connectivity index (χ2n) is 2.41. The molecule has 0 unspecified atom stereocenters. The second-order valence-corrected chi connectivity index (χ2v) is 3.24. The van der Waals surface area contributed by atoms with Crippen molar-refractivity contribution in [2.24, 2.45) is 0 Å². The van der Waals surface area contributed by atoms with Gasteiger partial charge in [0.1, 0.15) is 5.40 Å². The quantitative estimate of drug-likeness (QED) is 0.485. The van der Waals surface area contributed by atoms with Crippen LogP contribution >= 0.6 is 11.8 Å². The molecule has 0 atom stereocenters. The largest absolute Gasteiger partial charge is 0.573 e. The fourth-order valence-corrected chi connectivity index (χ4v) is 1.33. The molecule has 2 N–H and O–H groups in total. The topological polar surface area (TPSA) is 59.0 Å². The normalized spacial score (nSPS) is 10.8. The average Bonchev–Trinajstić information content (AvgIpc) is 2.10. The molecule has 1 aromatic carbocycles. The van der Waals surface area contributed by atoms with Crippen molar-refractivity contribution in [1.29, 1.82) is 5.26 Å². The SMILES string of the molecule is N#CSc1cccc(OC(F)(F)F)c1N. The van der Waals surface area contributed by atoms with E-state index in [0.717, 1.165) is 6.07 Å². The first-order valence-electron chi connectivity index (χ1n) is 3.64. The van der Waals surface area contributed by atoms with Gasteiger partial charge in [-0.05, 0) is 23.9 Å². The number of nitrogens with zero attached hydrogens (tertiary/aromatic N) is 1. The summed E-state index contributed by atoms with van der Waals surface area (Å²) in [6.07, 6.45) is -4.79. The molecule has 80 valence electrons.